The third-order valence-electron chi connectivity index (χ3n) is 1.85. The molecule has 0 aliphatic carbocycles. The molecule has 82 valence electrons. The molecule has 0 aliphatic rings. The van der Waals surface area contributed by atoms with Gasteiger partial charge < -0.3 is 18.8 Å². The largest absolute Gasteiger partial charge is 0.497 e. The van der Waals surface area contributed by atoms with E-state index in [2.05, 4.69) is 6.92 Å². The van der Waals surface area contributed by atoms with Gasteiger partial charge in [-0.2, -0.15) is 0 Å². The summed E-state index contributed by atoms with van der Waals surface area (Å²) in [7, 11) is 1.02. The van der Waals surface area contributed by atoms with Crippen LogP contribution in [-0.2, 0) is 13.3 Å². The van der Waals surface area contributed by atoms with Crippen LogP contribution in [0.5, 0.6) is 0 Å². The molecular weight excluding hydrogens is 188 g/mol. The zero-order chi connectivity index (χ0) is 9.45. The SMILES string of the molecule is CCCCCO[Si](C)(OC)OC.O. The molecule has 0 spiro atoms. The summed E-state index contributed by atoms with van der Waals surface area (Å²) >= 11 is 0. The van der Waals surface area contributed by atoms with E-state index < -0.39 is 8.80 Å². The smallest absolute Gasteiger partial charge is 0.412 e. The number of hydrogen-bond acceptors (Lipinski definition) is 3. The van der Waals surface area contributed by atoms with Gasteiger partial charge in [0.2, 0.25) is 0 Å². The van der Waals surface area contributed by atoms with Gasteiger partial charge >= 0.3 is 8.80 Å². The van der Waals surface area contributed by atoms with E-state index in [0.29, 0.717) is 0 Å². The molecule has 13 heavy (non-hydrogen) atoms. The Morgan fingerprint density at radius 1 is 1.08 bits per heavy atom. The average molecular weight is 210 g/mol. The van der Waals surface area contributed by atoms with Gasteiger partial charge in [0.15, 0.2) is 0 Å². The first-order valence-corrected chi connectivity index (χ1v) is 6.65. The van der Waals surface area contributed by atoms with E-state index in [1.54, 1.807) is 14.2 Å². The predicted molar refractivity (Wildman–Crippen MR) is 54.7 cm³/mol. The van der Waals surface area contributed by atoms with E-state index in [4.69, 9.17) is 13.3 Å². The summed E-state index contributed by atoms with van der Waals surface area (Å²) in [4.78, 5) is 0. The average Bonchev–Trinajstić information content (AvgIpc) is 2.12. The normalized spacial score (nSPS) is 11.1. The second kappa shape index (κ2) is 8.65. The van der Waals surface area contributed by atoms with Crippen LogP contribution in [0.2, 0.25) is 6.55 Å². The van der Waals surface area contributed by atoms with Crippen molar-refractivity contribution in [1.29, 1.82) is 0 Å². The lowest BCUT2D eigenvalue weighted by atomic mass is 10.3. The number of hydrogen-bond donors (Lipinski definition) is 0. The summed E-state index contributed by atoms with van der Waals surface area (Å²) in [5, 5.41) is 0. The van der Waals surface area contributed by atoms with Crippen molar-refractivity contribution in [3.05, 3.63) is 0 Å². The Morgan fingerprint density at radius 3 is 2.00 bits per heavy atom. The Hall–Kier alpha value is 0.0569. The van der Waals surface area contributed by atoms with Crippen LogP contribution in [0.3, 0.4) is 0 Å². The third-order valence-corrected chi connectivity index (χ3v) is 4.07. The minimum Gasteiger partial charge on any atom is -0.412 e. The molecule has 0 aromatic heterocycles. The summed E-state index contributed by atoms with van der Waals surface area (Å²) in [6.45, 7) is 4.82. The van der Waals surface area contributed by atoms with E-state index in [1.807, 2.05) is 6.55 Å². The van der Waals surface area contributed by atoms with Crippen LogP contribution in [-0.4, -0.2) is 35.1 Å². The molecule has 0 aromatic rings. The van der Waals surface area contributed by atoms with Crippen molar-refractivity contribution in [2.24, 2.45) is 0 Å². The fraction of sp³-hybridized carbons (Fsp3) is 1.00. The summed E-state index contributed by atoms with van der Waals surface area (Å²) in [5.74, 6) is 0. The number of unbranched alkanes of at least 4 members (excludes halogenated alkanes) is 2. The lowest BCUT2D eigenvalue weighted by Gasteiger charge is -2.21. The second-order valence-corrected chi connectivity index (χ2v) is 5.66. The van der Waals surface area contributed by atoms with Gasteiger partial charge in [-0.05, 0) is 6.42 Å². The Labute approximate surface area is 81.9 Å². The van der Waals surface area contributed by atoms with Crippen molar-refractivity contribution in [3.8, 4) is 0 Å². The van der Waals surface area contributed by atoms with Gasteiger partial charge in [-0.15, -0.1) is 0 Å². The van der Waals surface area contributed by atoms with Crippen molar-refractivity contribution in [3.63, 3.8) is 0 Å². The molecule has 0 aromatic carbocycles. The van der Waals surface area contributed by atoms with Crippen LogP contribution in [0.15, 0.2) is 0 Å². The molecular formula is C8H22O4Si. The lowest BCUT2D eigenvalue weighted by molar-refractivity contribution is 0.104. The van der Waals surface area contributed by atoms with Crippen LogP contribution in [0, 0.1) is 0 Å². The molecule has 0 fully saturated rings. The fourth-order valence-corrected chi connectivity index (χ4v) is 1.73. The maximum atomic E-state index is 5.52. The molecule has 0 saturated carbocycles. The molecule has 5 heteroatoms. The highest BCUT2D eigenvalue weighted by Gasteiger charge is 2.31. The molecule has 0 atom stereocenters. The number of rotatable bonds is 7. The van der Waals surface area contributed by atoms with E-state index >= 15 is 0 Å². The molecule has 0 rings (SSSR count). The minimum atomic E-state index is -2.25. The molecule has 0 heterocycles. The zero-order valence-corrected chi connectivity index (χ0v) is 10.1. The Morgan fingerprint density at radius 2 is 1.62 bits per heavy atom. The highest BCUT2D eigenvalue weighted by molar-refractivity contribution is 6.59. The van der Waals surface area contributed by atoms with Crippen molar-refractivity contribution in [2.75, 3.05) is 20.8 Å². The van der Waals surface area contributed by atoms with Crippen LogP contribution in [0.1, 0.15) is 26.2 Å². The first-order chi connectivity index (χ1) is 5.68. The van der Waals surface area contributed by atoms with Gasteiger partial charge in [0, 0.05) is 27.4 Å². The minimum absolute atomic E-state index is 0. The lowest BCUT2D eigenvalue weighted by Crippen LogP contribution is -2.40. The highest BCUT2D eigenvalue weighted by Crippen LogP contribution is 2.07. The molecule has 4 nitrogen and oxygen atoms in total. The Bertz CT molecular complexity index is 106. The first kappa shape index (κ1) is 15.5. The monoisotopic (exact) mass is 210 g/mol. The summed E-state index contributed by atoms with van der Waals surface area (Å²) in [6.07, 6.45) is 3.51. The zero-order valence-electron chi connectivity index (χ0n) is 9.05. The molecule has 0 aliphatic heterocycles. The maximum absolute atomic E-state index is 5.52. The van der Waals surface area contributed by atoms with Gasteiger partial charge in [-0.1, -0.05) is 19.8 Å². The van der Waals surface area contributed by atoms with Gasteiger partial charge in [0.05, 0.1) is 0 Å². The molecule has 2 N–H and O–H groups in total. The first-order valence-electron chi connectivity index (χ1n) is 4.42. The van der Waals surface area contributed by atoms with Gasteiger partial charge in [-0.3, -0.25) is 0 Å². The predicted octanol–water partition coefficient (Wildman–Crippen LogP) is 1.23. The summed E-state index contributed by atoms with van der Waals surface area (Å²) < 4.78 is 15.8. The molecule has 0 amide bonds. The van der Waals surface area contributed by atoms with Crippen LogP contribution in [0.25, 0.3) is 0 Å². The molecule has 0 unspecified atom stereocenters. The molecule has 0 saturated heterocycles. The molecule has 0 bridgehead atoms. The second-order valence-electron chi connectivity index (χ2n) is 2.83. The quantitative estimate of drug-likeness (QED) is 0.469. The van der Waals surface area contributed by atoms with Crippen molar-refractivity contribution in [2.45, 2.75) is 32.7 Å². The van der Waals surface area contributed by atoms with Crippen LogP contribution in [0.4, 0.5) is 0 Å². The fourth-order valence-electron chi connectivity index (χ4n) is 0.811. The van der Waals surface area contributed by atoms with E-state index in [1.165, 1.54) is 12.8 Å². The van der Waals surface area contributed by atoms with E-state index in [0.717, 1.165) is 13.0 Å². The van der Waals surface area contributed by atoms with Crippen molar-refractivity contribution >= 4 is 8.80 Å². The van der Waals surface area contributed by atoms with Crippen molar-refractivity contribution < 1.29 is 18.8 Å². The van der Waals surface area contributed by atoms with Crippen LogP contribution >= 0.6 is 0 Å². The van der Waals surface area contributed by atoms with Gasteiger partial charge in [0.1, 0.15) is 0 Å². The third kappa shape index (κ3) is 7.15. The van der Waals surface area contributed by atoms with Gasteiger partial charge in [-0.25, -0.2) is 0 Å². The van der Waals surface area contributed by atoms with Gasteiger partial charge in [0.25, 0.3) is 0 Å². The molecule has 0 radical (unpaired) electrons. The summed E-state index contributed by atoms with van der Waals surface area (Å²) in [5.41, 5.74) is 0. The van der Waals surface area contributed by atoms with Crippen molar-refractivity contribution in [1.82, 2.24) is 0 Å². The van der Waals surface area contributed by atoms with Crippen LogP contribution < -0.4 is 0 Å². The van der Waals surface area contributed by atoms with E-state index in [9.17, 15) is 0 Å². The standard InChI is InChI=1S/C8H20O3Si.H2O/c1-5-6-7-8-11-12(4,9-2)10-3;/h5-8H2,1-4H3;1H2. The summed E-state index contributed by atoms with van der Waals surface area (Å²) in [6, 6.07) is 0. The highest BCUT2D eigenvalue weighted by atomic mass is 28.4. The Kier molecular flexibility index (Phi) is 10.3. The topological polar surface area (TPSA) is 59.2 Å². The maximum Gasteiger partial charge on any atom is 0.497 e. The Balaban J connectivity index is 0. The van der Waals surface area contributed by atoms with E-state index in [-0.39, 0.29) is 5.48 Å².